The first-order chi connectivity index (χ1) is 12.1. The molecule has 3 aromatic rings. The Balaban J connectivity index is 1.75. The van der Waals surface area contributed by atoms with E-state index >= 15 is 0 Å². The zero-order valence-electron chi connectivity index (χ0n) is 12.9. The lowest BCUT2D eigenvalue weighted by atomic mass is 10.1. The van der Waals surface area contributed by atoms with E-state index < -0.39 is 0 Å². The van der Waals surface area contributed by atoms with Crippen LogP contribution in [0.15, 0.2) is 46.3 Å². The second-order valence-electron chi connectivity index (χ2n) is 5.59. The first kappa shape index (κ1) is 15.9. The van der Waals surface area contributed by atoms with Gasteiger partial charge in [-0.05, 0) is 37.3 Å². The van der Waals surface area contributed by atoms with E-state index in [1.54, 1.807) is 18.2 Å². The molecule has 0 atom stereocenters. The molecule has 0 saturated carbocycles. The van der Waals surface area contributed by atoms with Crippen LogP contribution in [-0.4, -0.2) is 26.8 Å². The highest BCUT2D eigenvalue weighted by Gasteiger charge is 2.30. The molecule has 8 heteroatoms. The van der Waals surface area contributed by atoms with Crippen molar-refractivity contribution in [2.24, 2.45) is 4.99 Å². The maximum absolute atomic E-state index is 12.7. The van der Waals surface area contributed by atoms with Crippen LogP contribution in [0.5, 0.6) is 5.75 Å². The number of carbonyl (C=O) groups excluding carboxylic acids is 1. The Morgan fingerprint density at radius 2 is 2.04 bits per heavy atom. The average molecular weight is 356 g/mol. The molecule has 25 heavy (non-hydrogen) atoms. The van der Waals surface area contributed by atoms with Gasteiger partial charge in [-0.15, -0.1) is 4.33 Å². The highest BCUT2D eigenvalue weighted by atomic mass is 32.2. The summed E-state index contributed by atoms with van der Waals surface area (Å²) in [5.41, 5.74) is 3.08. The third-order valence-electron chi connectivity index (χ3n) is 3.98. The Bertz CT molecular complexity index is 1040. The standard InChI is InChI=1S/C17H12N2O5S/c1-8-2-4-12-10(6-8)16(20)14(18-12)15-17(21)11-7-9(25-24-23-22)3-5-13(11)19-15/h2-7,18,20,22H,1H3. The number of hydrogen-bond donors (Lipinski definition) is 3. The van der Waals surface area contributed by atoms with Gasteiger partial charge in [0.15, 0.2) is 5.75 Å². The molecule has 1 aliphatic heterocycles. The summed E-state index contributed by atoms with van der Waals surface area (Å²) in [4.78, 5) is 20.7. The number of ketones is 1. The Morgan fingerprint density at radius 3 is 2.84 bits per heavy atom. The highest BCUT2D eigenvalue weighted by molar-refractivity contribution is 7.94. The number of aromatic amines is 1. The molecule has 3 N–H and O–H groups in total. The Hall–Kier alpha value is -2.65. The number of hydrogen-bond acceptors (Lipinski definition) is 7. The first-order valence-electron chi connectivity index (χ1n) is 7.32. The highest BCUT2D eigenvalue weighted by Crippen LogP contribution is 2.37. The summed E-state index contributed by atoms with van der Waals surface area (Å²) in [5, 5.41) is 22.9. The van der Waals surface area contributed by atoms with Gasteiger partial charge in [0, 0.05) is 15.8 Å². The summed E-state index contributed by atoms with van der Waals surface area (Å²) in [6, 6.07) is 10.5. The topological polar surface area (TPSA) is 104 Å². The number of nitrogens with one attached hydrogen (secondary N) is 1. The van der Waals surface area contributed by atoms with Gasteiger partial charge < -0.3 is 10.1 Å². The van der Waals surface area contributed by atoms with Crippen LogP contribution < -0.4 is 0 Å². The molecular formula is C17H12N2O5S. The van der Waals surface area contributed by atoms with E-state index in [0.29, 0.717) is 27.2 Å². The van der Waals surface area contributed by atoms with Gasteiger partial charge in [-0.2, -0.15) is 0 Å². The molecule has 0 aliphatic carbocycles. The Morgan fingerprint density at radius 1 is 1.20 bits per heavy atom. The molecule has 0 saturated heterocycles. The van der Waals surface area contributed by atoms with Crippen LogP contribution in [0.1, 0.15) is 21.6 Å². The lowest BCUT2D eigenvalue weighted by Crippen LogP contribution is -2.11. The smallest absolute Gasteiger partial charge is 0.215 e. The number of H-pyrrole nitrogens is 1. The van der Waals surface area contributed by atoms with Gasteiger partial charge >= 0.3 is 0 Å². The van der Waals surface area contributed by atoms with Crippen molar-refractivity contribution in [3.63, 3.8) is 0 Å². The molecule has 2 heterocycles. The van der Waals surface area contributed by atoms with Crippen LogP contribution in [0.3, 0.4) is 0 Å². The summed E-state index contributed by atoms with van der Waals surface area (Å²) in [6.45, 7) is 1.93. The lowest BCUT2D eigenvalue weighted by molar-refractivity contribution is -0.432. The van der Waals surface area contributed by atoms with Crippen molar-refractivity contribution in [1.29, 1.82) is 0 Å². The molecule has 0 amide bonds. The second kappa shape index (κ2) is 6.01. The molecule has 4 rings (SSSR count). The Labute approximate surface area is 146 Å². The number of carbonyl (C=O) groups is 1. The second-order valence-corrected chi connectivity index (χ2v) is 6.37. The van der Waals surface area contributed by atoms with Crippen LogP contribution in [0.25, 0.3) is 10.9 Å². The van der Waals surface area contributed by atoms with Gasteiger partial charge in [0.1, 0.15) is 11.4 Å². The number of aliphatic imine (C=N–C) groups is 1. The SMILES string of the molecule is Cc1ccc2[nH]c(C3=Nc4ccc(SOOO)cc4C3=O)c(O)c2c1. The predicted molar refractivity (Wildman–Crippen MR) is 92.3 cm³/mol. The van der Waals surface area contributed by atoms with Gasteiger partial charge in [-0.3, -0.25) is 4.79 Å². The molecule has 0 spiro atoms. The minimum absolute atomic E-state index is 0.00483. The molecule has 0 radical (unpaired) electrons. The number of aryl methyl sites for hydroxylation is 1. The minimum atomic E-state index is -0.305. The van der Waals surface area contributed by atoms with E-state index in [4.69, 9.17) is 5.26 Å². The fraction of sp³-hybridized carbons (Fsp3) is 0.0588. The fourth-order valence-corrected chi connectivity index (χ4v) is 3.23. The zero-order chi connectivity index (χ0) is 17.6. The molecule has 126 valence electrons. The van der Waals surface area contributed by atoms with Crippen molar-refractivity contribution in [1.82, 2.24) is 4.98 Å². The van der Waals surface area contributed by atoms with Crippen molar-refractivity contribution >= 4 is 40.1 Å². The molecule has 0 bridgehead atoms. The van der Waals surface area contributed by atoms with Crippen molar-refractivity contribution in [2.75, 3.05) is 0 Å². The van der Waals surface area contributed by atoms with Crippen molar-refractivity contribution < 1.29 is 24.5 Å². The number of rotatable bonds is 4. The third-order valence-corrected chi connectivity index (χ3v) is 4.56. The summed E-state index contributed by atoms with van der Waals surface area (Å²) < 4.78 is 4.37. The van der Waals surface area contributed by atoms with Crippen molar-refractivity contribution in [3.8, 4) is 5.75 Å². The first-order valence-corrected chi connectivity index (χ1v) is 8.06. The fourth-order valence-electron chi connectivity index (χ4n) is 2.83. The summed E-state index contributed by atoms with van der Waals surface area (Å²) in [5.74, 6) is -0.300. The van der Waals surface area contributed by atoms with Crippen molar-refractivity contribution in [3.05, 3.63) is 53.2 Å². The van der Waals surface area contributed by atoms with Crippen LogP contribution in [0.4, 0.5) is 5.69 Å². The van der Waals surface area contributed by atoms with Gasteiger partial charge in [0.2, 0.25) is 5.78 Å². The van der Waals surface area contributed by atoms with E-state index in [-0.39, 0.29) is 17.2 Å². The summed E-state index contributed by atoms with van der Waals surface area (Å²) in [7, 11) is 0. The normalized spacial score (nSPS) is 13.4. The number of Topliss-reactive ketones (excluding diaryl/α,β-unsaturated/α-hetero) is 1. The van der Waals surface area contributed by atoms with E-state index in [1.165, 1.54) is 0 Å². The van der Waals surface area contributed by atoms with Gasteiger partial charge in [-0.1, -0.05) is 16.7 Å². The van der Waals surface area contributed by atoms with Gasteiger partial charge in [0.25, 0.3) is 0 Å². The summed E-state index contributed by atoms with van der Waals surface area (Å²) >= 11 is 0.762. The van der Waals surface area contributed by atoms with Crippen LogP contribution in [-0.2, 0) is 9.37 Å². The zero-order valence-corrected chi connectivity index (χ0v) is 13.8. The van der Waals surface area contributed by atoms with Gasteiger partial charge in [0.05, 0.1) is 23.3 Å². The Kier molecular flexibility index (Phi) is 3.81. The largest absolute Gasteiger partial charge is 0.505 e. The predicted octanol–water partition coefficient (Wildman–Crippen LogP) is 3.93. The maximum atomic E-state index is 12.7. The van der Waals surface area contributed by atoms with Crippen LogP contribution in [0, 0.1) is 6.92 Å². The number of aromatic nitrogens is 1. The third kappa shape index (κ3) is 2.61. The molecule has 0 fully saturated rings. The molecule has 0 unspecified atom stereocenters. The van der Waals surface area contributed by atoms with Gasteiger partial charge in [-0.25, -0.2) is 10.2 Å². The molecule has 2 aromatic carbocycles. The van der Waals surface area contributed by atoms with E-state index in [2.05, 4.69) is 19.3 Å². The lowest BCUT2D eigenvalue weighted by Gasteiger charge is -2.00. The van der Waals surface area contributed by atoms with Crippen molar-refractivity contribution in [2.45, 2.75) is 11.8 Å². The maximum Gasteiger partial charge on any atom is 0.215 e. The monoisotopic (exact) mass is 356 g/mol. The van der Waals surface area contributed by atoms with E-state index in [0.717, 1.165) is 23.1 Å². The molecule has 1 aromatic heterocycles. The minimum Gasteiger partial charge on any atom is -0.505 e. The van der Waals surface area contributed by atoms with Crippen LogP contribution >= 0.6 is 12.0 Å². The molecule has 1 aliphatic rings. The summed E-state index contributed by atoms with van der Waals surface area (Å²) in [6.07, 6.45) is 0. The number of fused-ring (bicyclic) bond motifs is 2. The number of benzene rings is 2. The van der Waals surface area contributed by atoms with E-state index in [1.807, 2.05) is 25.1 Å². The number of nitrogens with zero attached hydrogens (tertiary/aromatic N) is 1. The molecular weight excluding hydrogens is 344 g/mol. The quantitative estimate of drug-likeness (QED) is 0.372. The molecule has 7 nitrogen and oxygen atoms in total. The van der Waals surface area contributed by atoms with E-state index in [9.17, 15) is 9.90 Å². The van der Waals surface area contributed by atoms with Crippen LogP contribution in [0.2, 0.25) is 0 Å². The number of aromatic hydroxyl groups is 1. The average Bonchev–Trinajstić information content (AvgIpc) is 3.11.